The zero-order chi connectivity index (χ0) is 36.7. The van der Waals surface area contributed by atoms with Crippen molar-refractivity contribution in [3.05, 3.63) is 182 Å². The Morgan fingerprint density at radius 3 is 1.77 bits per heavy atom. The molecule has 4 nitrogen and oxygen atoms in total. The van der Waals surface area contributed by atoms with Crippen molar-refractivity contribution in [1.82, 2.24) is 9.97 Å². The molecule has 0 fully saturated rings. The molecular weight excluding hydrogens is 685 g/mol. The van der Waals surface area contributed by atoms with Gasteiger partial charge in [0, 0.05) is 21.7 Å². The third-order valence-corrected chi connectivity index (χ3v) is 11.3. The van der Waals surface area contributed by atoms with E-state index >= 15 is 0 Å². The molecule has 0 saturated heterocycles. The van der Waals surface area contributed by atoms with E-state index in [4.69, 9.17) is 18.8 Å². The highest BCUT2D eigenvalue weighted by Crippen LogP contribution is 2.44. The third-order valence-electron chi connectivity index (χ3n) is 11.3. The first-order valence-corrected chi connectivity index (χ1v) is 18.9. The topological polar surface area (TPSA) is 52.1 Å². The fraction of sp³-hybridized carbons (Fsp3) is 0. The second-order valence-electron chi connectivity index (χ2n) is 14.5. The number of rotatable bonds is 4. The summed E-state index contributed by atoms with van der Waals surface area (Å²) < 4.78 is 13.4. The molecule has 3 aromatic heterocycles. The lowest BCUT2D eigenvalue weighted by atomic mass is 9.93. The van der Waals surface area contributed by atoms with E-state index in [2.05, 4.69) is 164 Å². The number of furan rings is 2. The maximum absolute atomic E-state index is 6.93. The molecule has 0 aliphatic carbocycles. The molecule has 0 atom stereocenters. The Kier molecular flexibility index (Phi) is 6.60. The summed E-state index contributed by atoms with van der Waals surface area (Å²) >= 11 is 0. The van der Waals surface area contributed by atoms with Crippen molar-refractivity contribution in [2.45, 2.75) is 0 Å². The van der Waals surface area contributed by atoms with Crippen molar-refractivity contribution < 1.29 is 8.83 Å². The molecule has 0 unspecified atom stereocenters. The molecule has 0 radical (unpaired) electrons. The molecule has 56 heavy (non-hydrogen) atoms. The first-order chi connectivity index (χ1) is 27.7. The van der Waals surface area contributed by atoms with Crippen molar-refractivity contribution in [2.24, 2.45) is 0 Å². The first-order valence-electron chi connectivity index (χ1n) is 18.9. The summed E-state index contributed by atoms with van der Waals surface area (Å²) in [6, 6.07) is 64.0. The van der Waals surface area contributed by atoms with Gasteiger partial charge in [0.1, 0.15) is 28.0 Å². The summed E-state index contributed by atoms with van der Waals surface area (Å²) in [6.45, 7) is 0. The average molecular weight is 715 g/mol. The lowest BCUT2D eigenvalue weighted by molar-refractivity contribution is 0.666. The Bertz CT molecular complexity index is 3530. The monoisotopic (exact) mass is 714 g/mol. The maximum Gasteiger partial charge on any atom is 0.180 e. The van der Waals surface area contributed by atoms with Gasteiger partial charge in [-0.2, -0.15) is 0 Å². The fourth-order valence-electron chi connectivity index (χ4n) is 8.53. The van der Waals surface area contributed by atoms with Gasteiger partial charge in [-0.3, -0.25) is 0 Å². The van der Waals surface area contributed by atoms with Crippen LogP contribution in [0, 0.1) is 0 Å². The number of benzene rings is 9. The van der Waals surface area contributed by atoms with Gasteiger partial charge in [0.25, 0.3) is 0 Å². The van der Waals surface area contributed by atoms with Crippen LogP contribution in [0.4, 0.5) is 0 Å². The van der Waals surface area contributed by atoms with Crippen LogP contribution in [-0.4, -0.2) is 9.97 Å². The molecule has 9 aromatic carbocycles. The molecule has 0 N–H and O–H groups in total. The Morgan fingerprint density at radius 1 is 0.339 bits per heavy atom. The predicted molar refractivity (Wildman–Crippen MR) is 231 cm³/mol. The van der Waals surface area contributed by atoms with E-state index in [0.717, 1.165) is 82.5 Å². The highest BCUT2D eigenvalue weighted by atomic mass is 16.3. The Labute approximate surface area is 320 Å². The lowest BCUT2D eigenvalue weighted by Crippen LogP contribution is -1.95. The minimum Gasteiger partial charge on any atom is -0.455 e. The van der Waals surface area contributed by atoms with Crippen molar-refractivity contribution in [3.8, 4) is 44.9 Å². The number of hydrogen-bond acceptors (Lipinski definition) is 4. The van der Waals surface area contributed by atoms with E-state index in [-0.39, 0.29) is 0 Å². The van der Waals surface area contributed by atoms with Crippen molar-refractivity contribution in [2.75, 3.05) is 0 Å². The van der Waals surface area contributed by atoms with Crippen LogP contribution in [0.15, 0.2) is 191 Å². The Hall–Kier alpha value is -7.56. The fourth-order valence-corrected chi connectivity index (χ4v) is 8.53. The van der Waals surface area contributed by atoms with Crippen LogP contribution in [0.1, 0.15) is 0 Å². The number of para-hydroxylation sites is 1. The van der Waals surface area contributed by atoms with Crippen LogP contribution >= 0.6 is 0 Å². The van der Waals surface area contributed by atoms with Gasteiger partial charge < -0.3 is 8.83 Å². The number of hydrogen-bond donors (Lipinski definition) is 0. The van der Waals surface area contributed by atoms with E-state index in [0.29, 0.717) is 11.4 Å². The van der Waals surface area contributed by atoms with Crippen LogP contribution in [0.5, 0.6) is 0 Å². The van der Waals surface area contributed by atoms with E-state index in [9.17, 15) is 0 Å². The lowest BCUT2D eigenvalue weighted by Gasteiger charge is -2.11. The Morgan fingerprint density at radius 2 is 0.946 bits per heavy atom. The van der Waals surface area contributed by atoms with E-state index in [1.54, 1.807) is 0 Å². The van der Waals surface area contributed by atoms with E-state index in [1.165, 1.54) is 27.3 Å². The highest BCUT2D eigenvalue weighted by Gasteiger charge is 2.23. The molecule has 0 bridgehead atoms. The molecule has 0 aliphatic heterocycles. The molecule has 0 saturated carbocycles. The molecular formula is C52H30N2O2. The predicted octanol–water partition coefficient (Wildman–Crippen LogP) is 14.4. The van der Waals surface area contributed by atoms with Gasteiger partial charge >= 0.3 is 0 Å². The van der Waals surface area contributed by atoms with Crippen LogP contribution in [0.2, 0.25) is 0 Å². The highest BCUT2D eigenvalue weighted by molar-refractivity contribution is 6.19. The largest absolute Gasteiger partial charge is 0.455 e. The van der Waals surface area contributed by atoms with Crippen molar-refractivity contribution in [1.29, 1.82) is 0 Å². The van der Waals surface area contributed by atoms with Gasteiger partial charge in [0.05, 0.1) is 5.56 Å². The summed E-state index contributed by atoms with van der Waals surface area (Å²) in [5.74, 6) is 0.582. The van der Waals surface area contributed by atoms with Gasteiger partial charge in [0.2, 0.25) is 0 Å². The Balaban J connectivity index is 1.11. The first kappa shape index (κ1) is 30.9. The molecule has 3 heterocycles. The summed E-state index contributed by atoms with van der Waals surface area (Å²) in [7, 11) is 0. The maximum atomic E-state index is 6.93. The molecule has 0 aliphatic rings. The normalized spacial score (nSPS) is 11.9. The standard InChI is InChI=1S/C52H30N2O2/c1-2-12-35-28-38(25-20-31(35)10-1)48-51-49(42-17-7-8-19-45(42)55-51)54-52(53-48)43-27-26-41(47-44-29-36-13-3-4-14-37(36)30-46(44)56-50(43)47)34-23-21-33(22-24-34)40-18-9-15-32-11-5-6-16-39(32)40/h1-30H. The second kappa shape index (κ2) is 12.0. The molecule has 0 spiro atoms. The van der Waals surface area contributed by atoms with Gasteiger partial charge in [-0.05, 0) is 91.0 Å². The minimum absolute atomic E-state index is 0.582. The van der Waals surface area contributed by atoms with Gasteiger partial charge in [-0.25, -0.2) is 9.97 Å². The summed E-state index contributed by atoms with van der Waals surface area (Å²) in [4.78, 5) is 10.6. The number of aromatic nitrogens is 2. The SMILES string of the molecule is c1ccc2cc(-c3nc(-c4ccc(-c5ccc(-c6cccc7ccccc67)cc5)c5c4oc4cc6ccccc6cc45)nc4c3oc3ccccc34)ccc2c1. The van der Waals surface area contributed by atoms with Crippen LogP contribution in [-0.2, 0) is 0 Å². The summed E-state index contributed by atoms with van der Waals surface area (Å²) in [5.41, 5.74) is 10.9. The van der Waals surface area contributed by atoms with Crippen LogP contribution < -0.4 is 0 Å². The van der Waals surface area contributed by atoms with Crippen molar-refractivity contribution in [3.63, 3.8) is 0 Å². The minimum atomic E-state index is 0.582. The van der Waals surface area contributed by atoms with E-state index in [1.807, 2.05) is 18.2 Å². The summed E-state index contributed by atoms with van der Waals surface area (Å²) in [5, 5.41) is 10.1. The molecule has 0 amide bonds. The summed E-state index contributed by atoms with van der Waals surface area (Å²) in [6.07, 6.45) is 0. The number of nitrogens with zero attached hydrogens (tertiary/aromatic N) is 2. The average Bonchev–Trinajstić information content (AvgIpc) is 3.83. The third kappa shape index (κ3) is 4.73. The zero-order valence-electron chi connectivity index (χ0n) is 30.0. The molecule has 12 rings (SSSR count). The zero-order valence-corrected chi connectivity index (χ0v) is 30.0. The van der Waals surface area contributed by atoms with Gasteiger partial charge in [-0.1, -0.05) is 146 Å². The van der Waals surface area contributed by atoms with Crippen LogP contribution in [0.3, 0.4) is 0 Å². The molecule has 260 valence electrons. The van der Waals surface area contributed by atoms with Crippen molar-refractivity contribution >= 4 is 76.3 Å². The molecule has 12 aromatic rings. The number of fused-ring (bicyclic) bond motifs is 9. The smallest absolute Gasteiger partial charge is 0.180 e. The quantitative estimate of drug-likeness (QED) is 0.182. The molecule has 4 heteroatoms. The van der Waals surface area contributed by atoms with Gasteiger partial charge in [0.15, 0.2) is 11.4 Å². The van der Waals surface area contributed by atoms with E-state index < -0.39 is 0 Å². The van der Waals surface area contributed by atoms with Gasteiger partial charge in [-0.15, -0.1) is 0 Å². The second-order valence-corrected chi connectivity index (χ2v) is 14.5. The van der Waals surface area contributed by atoms with Crippen LogP contribution in [0.25, 0.3) is 121 Å².